The maximum atomic E-state index is 13.0. The molecule has 0 bridgehead atoms. The maximum Gasteiger partial charge on any atom is 0.322 e. The molecular weight excluding hydrogens is 406 g/mol. The summed E-state index contributed by atoms with van der Waals surface area (Å²) in [7, 11) is 1.50. The van der Waals surface area contributed by atoms with Crippen LogP contribution in [0, 0.1) is 0 Å². The second-order valence-corrected chi connectivity index (χ2v) is 8.16. The Balaban J connectivity index is 1.66. The molecule has 0 atom stereocenters. The molecule has 1 saturated carbocycles. The number of nitrogens with one attached hydrogen (secondary N) is 1. The van der Waals surface area contributed by atoms with Crippen LogP contribution >= 0.6 is 0 Å². The van der Waals surface area contributed by atoms with Crippen molar-refractivity contribution in [2.75, 3.05) is 25.5 Å². The fourth-order valence-electron chi connectivity index (χ4n) is 3.70. The smallest absolute Gasteiger partial charge is 0.322 e. The molecule has 0 aliphatic heterocycles. The Morgan fingerprint density at radius 1 is 1.06 bits per heavy atom. The van der Waals surface area contributed by atoms with E-state index in [0.717, 1.165) is 44.3 Å². The molecule has 1 aliphatic rings. The van der Waals surface area contributed by atoms with Gasteiger partial charge < -0.3 is 25.0 Å². The first kappa shape index (κ1) is 23.4. The third-order valence-corrected chi connectivity index (χ3v) is 5.50. The van der Waals surface area contributed by atoms with Crippen LogP contribution in [0.25, 0.3) is 0 Å². The predicted octanol–water partition coefficient (Wildman–Crippen LogP) is 4.86. The fourth-order valence-corrected chi connectivity index (χ4v) is 3.70. The van der Waals surface area contributed by atoms with E-state index in [1.165, 1.54) is 7.11 Å². The molecule has 0 heterocycles. The molecular formula is C25H33N3O4. The van der Waals surface area contributed by atoms with Gasteiger partial charge in [0.25, 0.3) is 5.91 Å². The van der Waals surface area contributed by atoms with Gasteiger partial charge in [0.15, 0.2) is 11.5 Å². The van der Waals surface area contributed by atoms with Gasteiger partial charge in [-0.05, 0) is 67.6 Å². The summed E-state index contributed by atoms with van der Waals surface area (Å²) in [5.74, 6) is 0.483. The minimum absolute atomic E-state index is 0.0208. The molecule has 3 rings (SSSR count). The lowest BCUT2D eigenvalue weighted by molar-refractivity contribution is 0.0755. The van der Waals surface area contributed by atoms with Crippen LogP contribution in [0.15, 0.2) is 42.5 Å². The molecule has 0 aromatic heterocycles. The van der Waals surface area contributed by atoms with Crippen LogP contribution in [-0.2, 0) is 6.54 Å². The van der Waals surface area contributed by atoms with Gasteiger partial charge in [0.2, 0.25) is 0 Å². The van der Waals surface area contributed by atoms with Crippen molar-refractivity contribution < 1.29 is 19.4 Å². The topological polar surface area (TPSA) is 82.1 Å². The number of phenolic OH excluding ortho intramolecular Hbond substituents is 1. The Hall–Kier alpha value is -3.22. The lowest BCUT2D eigenvalue weighted by Crippen LogP contribution is -2.36. The number of anilines is 1. The summed E-state index contributed by atoms with van der Waals surface area (Å²) in [5.41, 5.74) is 2.16. The number of aromatic hydroxyl groups is 1. The van der Waals surface area contributed by atoms with Gasteiger partial charge in [-0.1, -0.05) is 19.9 Å². The first-order valence-corrected chi connectivity index (χ1v) is 11.3. The van der Waals surface area contributed by atoms with Gasteiger partial charge in [-0.2, -0.15) is 0 Å². The number of benzene rings is 2. The number of hydrogen-bond donors (Lipinski definition) is 2. The molecule has 0 saturated heterocycles. The molecule has 1 aliphatic carbocycles. The normalized spacial score (nSPS) is 12.8. The number of amides is 3. The summed E-state index contributed by atoms with van der Waals surface area (Å²) in [6, 6.07) is 12.2. The zero-order valence-corrected chi connectivity index (χ0v) is 19.1. The van der Waals surface area contributed by atoms with Crippen LogP contribution in [0.4, 0.5) is 10.5 Å². The third-order valence-electron chi connectivity index (χ3n) is 5.50. The van der Waals surface area contributed by atoms with E-state index in [2.05, 4.69) is 19.2 Å². The van der Waals surface area contributed by atoms with E-state index < -0.39 is 0 Å². The van der Waals surface area contributed by atoms with Gasteiger partial charge in [0, 0.05) is 36.9 Å². The van der Waals surface area contributed by atoms with Crippen LogP contribution in [0.2, 0.25) is 0 Å². The van der Waals surface area contributed by atoms with Gasteiger partial charge in [0.05, 0.1) is 7.11 Å². The highest BCUT2D eigenvalue weighted by molar-refractivity contribution is 5.95. The van der Waals surface area contributed by atoms with Crippen LogP contribution in [0.3, 0.4) is 0 Å². The summed E-state index contributed by atoms with van der Waals surface area (Å²) in [6.07, 6.45) is 3.79. The van der Waals surface area contributed by atoms with E-state index in [0.29, 0.717) is 23.5 Å². The summed E-state index contributed by atoms with van der Waals surface area (Å²) in [4.78, 5) is 29.4. The predicted molar refractivity (Wildman–Crippen MR) is 125 cm³/mol. The highest BCUT2D eigenvalue weighted by atomic mass is 16.5. The Morgan fingerprint density at radius 3 is 2.28 bits per heavy atom. The standard InChI is InChI=1S/C25H33N3O4/c1-4-14-27(15-5-2)24(30)19-7-9-20(10-8-19)26-25(31)28(21-11-12-21)17-18-6-13-22(29)23(16-18)32-3/h6-10,13,16,21,29H,4-5,11-12,14-15,17H2,1-3H3,(H,26,31). The van der Waals surface area contributed by atoms with Crippen LogP contribution in [0.5, 0.6) is 11.5 Å². The monoisotopic (exact) mass is 439 g/mol. The molecule has 1 fully saturated rings. The minimum atomic E-state index is -0.183. The van der Waals surface area contributed by atoms with Crippen molar-refractivity contribution in [3.05, 3.63) is 53.6 Å². The lowest BCUT2D eigenvalue weighted by atomic mass is 10.1. The molecule has 2 N–H and O–H groups in total. The average Bonchev–Trinajstić information content (AvgIpc) is 3.63. The van der Waals surface area contributed by atoms with Crippen molar-refractivity contribution in [1.29, 1.82) is 0 Å². The SMILES string of the molecule is CCCN(CCC)C(=O)c1ccc(NC(=O)N(Cc2ccc(O)c(OC)c2)C2CC2)cc1. The van der Waals surface area contributed by atoms with Crippen LogP contribution < -0.4 is 10.1 Å². The molecule has 0 radical (unpaired) electrons. The van der Waals surface area contributed by atoms with Crippen molar-refractivity contribution in [3.8, 4) is 11.5 Å². The number of ether oxygens (including phenoxy) is 1. The van der Waals surface area contributed by atoms with E-state index in [1.807, 2.05) is 4.90 Å². The second kappa shape index (κ2) is 10.9. The van der Waals surface area contributed by atoms with E-state index >= 15 is 0 Å². The average molecular weight is 440 g/mol. The zero-order chi connectivity index (χ0) is 23.1. The lowest BCUT2D eigenvalue weighted by Gasteiger charge is -2.24. The number of hydrogen-bond acceptors (Lipinski definition) is 4. The second-order valence-electron chi connectivity index (χ2n) is 8.16. The Bertz CT molecular complexity index is 919. The van der Waals surface area contributed by atoms with Crippen molar-refractivity contribution >= 4 is 17.6 Å². The number of carbonyl (C=O) groups excluding carboxylic acids is 2. The largest absolute Gasteiger partial charge is 0.504 e. The maximum absolute atomic E-state index is 13.0. The molecule has 172 valence electrons. The highest BCUT2D eigenvalue weighted by Crippen LogP contribution is 2.31. The van der Waals surface area contributed by atoms with E-state index in [1.54, 1.807) is 47.4 Å². The van der Waals surface area contributed by atoms with E-state index in [4.69, 9.17) is 4.74 Å². The van der Waals surface area contributed by atoms with Crippen molar-refractivity contribution in [1.82, 2.24) is 9.80 Å². The molecule has 32 heavy (non-hydrogen) atoms. The van der Waals surface area contributed by atoms with Crippen LogP contribution in [-0.4, -0.2) is 53.1 Å². The Kier molecular flexibility index (Phi) is 7.98. The summed E-state index contributed by atoms with van der Waals surface area (Å²) < 4.78 is 5.18. The van der Waals surface area contributed by atoms with E-state index in [-0.39, 0.29) is 23.7 Å². The quantitative estimate of drug-likeness (QED) is 0.554. The minimum Gasteiger partial charge on any atom is -0.504 e. The van der Waals surface area contributed by atoms with Gasteiger partial charge in [-0.25, -0.2) is 4.79 Å². The van der Waals surface area contributed by atoms with Gasteiger partial charge in [0.1, 0.15) is 0 Å². The zero-order valence-electron chi connectivity index (χ0n) is 19.1. The Labute approximate surface area is 190 Å². The van der Waals surface area contributed by atoms with Crippen molar-refractivity contribution in [3.63, 3.8) is 0 Å². The Morgan fingerprint density at radius 2 is 1.72 bits per heavy atom. The molecule has 0 unspecified atom stereocenters. The van der Waals surface area contributed by atoms with Crippen molar-refractivity contribution in [2.24, 2.45) is 0 Å². The summed E-state index contributed by atoms with van der Waals surface area (Å²) in [6.45, 7) is 6.03. The van der Waals surface area contributed by atoms with Gasteiger partial charge in [-0.15, -0.1) is 0 Å². The van der Waals surface area contributed by atoms with Crippen molar-refractivity contribution in [2.45, 2.75) is 52.1 Å². The molecule has 3 amide bonds. The number of rotatable bonds is 10. The molecule has 2 aromatic rings. The molecule has 0 spiro atoms. The number of nitrogens with zero attached hydrogens (tertiary/aromatic N) is 2. The molecule has 2 aromatic carbocycles. The molecule has 7 nitrogen and oxygen atoms in total. The molecule has 7 heteroatoms. The third kappa shape index (κ3) is 5.93. The number of urea groups is 1. The van der Waals surface area contributed by atoms with Gasteiger partial charge in [-0.3, -0.25) is 4.79 Å². The highest BCUT2D eigenvalue weighted by Gasteiger charge is 2.32. The number of methoxy groups -OCH3 is 1. The summed E-state index contributed by atoms with van der Waals surface area (Å²) in [5, 5.41) is 12.8. The van der Waals surface area contributed by atoms with Gasteiger partial charge >= 0.3 is 6.03 Å². The first-order chi connectivity index (χ1) is 15.5. The first-order valence-electron chi connectivity index (χ1n) is 11.3. The number of carbonyl (C=O) groups is 2. The van der Waals surface area contributed by atoms with Crippen LogP contribution in [0.1, 0.15) is 55.5 Å². The van der Waals surface area contributed by atoms with E-state index in [9.17, 15) is 14.7 Å². The number of phenols is 1. The fraction of sp³-hybridized carbons (Fsp3) is 0.440. The summed E-state index contributed by atoms with van der Waals surface area (Å²) >= 11 is 0.